The van der Waals surface area contributed by atoms with Gasteiger partial charge in [-0.1, -0.05) is 26.2 Å². The molecule has 106 valence electrons. The number of hydrogen-bond donors (Lipinski definition) is 1. The van der Waals surface area contributed by atoms with E-state index in [1.54, 1.807) is 0 Å². The number of carbonyl (C=O) groups excluding carboxylic acids is 1. The van der Waals surface area contributed by atoms with Gasteiger partial charge in [0, 0.05) is 0 Å². The molecule has 1 saturated carbocycles. The van der Waals surface area contributed by atoms with Crippen molar-refractivity contribution >= 4 is 5.97 Å². The van der Waals surface area contributed by atoms with E-state index >= 15 is 0 Å². The second-order valence-corrected chi connectivity index (χ2v) is 4.81. The molecule has 0 aromatic heterocycles. The average molecular weight is 267 g/mol. The molecule has 1 aliphatic rings. The summed E-state index contributed by atoms with van der Waals surface area (Å²) in [4.78, 5) is 11.7. The molecule has 0 saturated heterocycles. The summed E-state index contributed by atoms with van der Waals surface area (Å²) in [5.41, 5.74) is 5.15. The van der Waals surface area contributed by atoms with Gasteiger partial charge in [-0.15, -0.1) is 0 Å². The Balaban J connectivity index is 2.57. The molecular weight excluding hydrogens is 247 g/mol. The zero-order chi connectivity index (χ0) is 13.8. The van der Waals surface area contributed by atoms with E-state index in [4.69, 9.17) is 10.5 Å². The van der Waals surface area contributed by atoms with E-state index in [0.717, 1.165) is 25.7 Å². The van der Waals surface area contributed by atoms with Gasteiger partial charge in [-0.05, 0) is 19.3 Å². The highest BCUT2D eigenvalue weighted by Gasteiger charge is 2.46. The standard InChI is InChI=1S/C12H20F3NO2/c1-2-3-4-5-9(10(16)12(13,14)15)11(17)18-8-6-7-8/h8-10H,2-7,16H2,1H3/t9-,10-/m0/s1. The lowest BCUT2D eigenvalue weighted by molar-refractivity contribution is -0.177. The number of esters is 1. The van der Waals surface area contributed by atoms with Gasteiger partial charge < -0.3 is 10.5 Å². The van der Waals surface area contributed by atoms with Gasteiger partial charge in [-0.2, -0.15) is 13.2 Å². The number of rotatable bonds is 7. The van der Waals surface area contributed by atoms with Crippen LogP contribution < -0.4 is 5.73 Å². The molecule has 2 atom stereocenters. The number of halogens is 3. The molecule has 0 unspecified atom stereocenters. The Labute approximate surface area is 105 Å². The quantitative estimate of drug-likeness (QED) is 0.570. The summed E-state index contributed by atoms with van der Waals surface area (Å²) in [7, 11) is 0. The highest BCUT2D eigenvalue weighted by Crippen LogP contribution is 2.31. The van der Waals surface area contributed by atoms with Crippen LogP contribution in [0.4, 0.5) is 13.2 Å². The zero-order valence-electron chi connectivity index (χ0n) is 10.5. The van der Waals surface area contributed by atoms with Gasteiger partial charge in [-0.3, -0.25) is 4.79 Å². The van der Waals surface area contributed by atoms with E-state index in [1.165, 1.54) is 0 Å². The molecule has 0 aliphatic heterocycles. The van der Waals surface area contributed by atoms with Crippen LogP contribution >= 0.6 is 0 Å². The highest BCUT2D eigenvalue weighted by molar-refractivity contribution is 5.73. The van der Waals surface area contributed by atoms with Crippen molar-refractivity contribution in [1.82, 2.24) is 0 Å². The van der Waals surface area contributed by atoms with Gasteiger partial charge in [0.2, 0.25) is 0 Å². The number of carbonyl (C=O) groups is 1. The van der Waals surface area contributed by atoms with Crippen molar-refractivity contribution in [3.63, 3.8) is 0 Å². The molecule has 1 rings (SSSR count). The van der Waals surface area contributed by atoms with Crippen LogP contribution in [0.1, 0.15) is 45.4 Å². The van der Waals surface area contributed by atoms with E-state index in [2.05, 4.69) is 0 Å². The van der Waals surface area contributed by atoms with E-state index < -0.39 is 24.1 Å². The Morgan fingerprint density at radius 2 is 2.00 bits per heavy atom. The molecule has 0 amide bonds. The van der Waals surface area contributed by atoms with Crippen LogP contribution in [0.2, 0.25) is 0 Å². The Kier molecular flexibility index (Phi) is 5.44. The Morgan fingerprint density at radius 1 is 1.39 bits per heavy atom. The minimum atomic E-state index is -4.56. The van der Waals surface area contributed by atoms with Crippen LogP contribution in [0.25, 0.3) is 0 Å². The van der Waals surface area contributed by atoms with Gasteiger partial charge in [-0.25, -0.2) is 0 Å². The van der Waals surface area contributed by atoms with Crippen molar-refractivity contribution < 1.29 is 22.7 Å². The third kappa shape index (κ3) is 4.84. The van der Waals surface area contributed by atoms with Crippen LogP contribution in [-0.4, -0.2) is 24.3 Å². The van der Waals surface area contributed by atoms with Crippen molar-refractivity contribution in [2.24, 2.45) is 11.7 Å². The lowest BCUT2D eigenvalue weighted by Crippen LogP contribution is -2.47. The van der Waals surface area contributed by atoms with Crippen molar-refractivity contribution in [3.05, 3.63) is 0 Å². The highest BCUT2D eigenvalue weighted by atomic mass is 19.4. The summed E-state index contributed by atoms with van der Waals surface area (Å²) >= 11 is 0. The fourth-order valence-electron chi connectivity index (χ4n) is 1.72. The van der Waals surface area contributed by atoms with Crippen LogP contribution in [0.15, 0.2) is 0 Å². The molecule has 18 heavy (non-hydrogen) atoms. The van der Waals surface area contributed by atoms with Gasteiger partial charge in [0.1, 0.15) is 12.1 Å². The summed E-state index contributed by atoms with van der Waals surface area (Å²) in [6.07, 6.45) is -0.886. The first-order valence-corrected chi connectivity index (χ1v) is 6.39. The summed E-state index contributed by atoms with van der Waals surface area (Å²) in [5, 5.41) is 0. The van der Waals surface area contributed by atoms with E-state index in [-0.39, 0.29) is 12.5 Å². The minimum absolute atomic E-state index is 0.139. The second kappa shape index (κ2) is 6.41. The summed E-state index contributed by atoms with van der Waals surface area (Å²) in [6.45, 7) is 1.95. The maximum absolute atomic E-state index is 12.6. The predicted molar refractivity (Wildman–Crippen MR) is 60.8 cm³/mol. The SMILES string of the molecule is CCCCC[C@H](C(=O)OC1CC1)[C@H](N)C(F)(F)F. The van der Waals surface area contributed by atoms with Gasteiger partial charge >= 0.3 is 12.1 Å². The Hall–Kier alpha value is -0.780. The lowest BCUT2D eigenvalue weighted by atomic mass is 9.93. The van der Waals surface area contributed by atoms with Gasteiger partial charge in [0.15, 0.2) is 0 Å². The van der Waals surface area contributed by atoms with Crippen molar-refractivity contribution in [2.75, 3.05) is 0 Å². The van der Waals surface area contributed by atoms with Crippen LogP contribution in [-0.2, 0) is 9.53 Å². The molecule has 1 aliphatic carbocycles. The second-order valence-electron chi connectivity index (χ2n) is 4.81. The van der Waals surface area contributed by atoms with E-state index in [9.17, 15) is 18.0 Å². The minimum Gasteiger partial charge on any atom is -0.462 e. The van der Waals surface area contributed by atoms with Gasteiger partial charge in [0.25, 0.3) is 0 Å². The van der Waals surface area contributed by atoms with Crippen LogP contribution in [0.5, 0.6) is 0 Å². The largest absolute Gasteiger partial charge is 0.462 e. The Bertz CT molecular complexity index is 277. The number of alkyl halides is 3. The number of nitrogens with two attached hydrogens (primary N) is 1. The molecule has 0 aromatic carbocycles. The third-order valence-corrected chi connectivity index (χ3v) is 3.04. The molecule has 0 bridgehead atoms. The summed E-state index contributed by atoms with van der Waals surface area (Å²) < 4.78 is 42.7. The van der Waals surface area contributed by atoms with E-state index in [1.807, 2.05) is 6.92 Å². The topological polar surface area (TPSA) is 52.3 Å². The third-order valence-electron chi connectivity index (χ3n) is 3.04. The molecule has 0 heterocycles. The fourth-order valence-corrected chi connectivity index (χ4v) is 1.72. The summed E-state index contributed by atoms with van der Waals surface area (Å²) in [5.74, 6) is -2.06. The average Bonchev–Trinajstić information content (AvgIpc) is 3.06. The lowest BCUT2D eigenvalue weighted by Gasteiger charge is -2.24. The Morgan fingerprint density at radius 3 is 2.44 bits per heavy atom. The molecule has 0 spiro atoms. The number of hydrogen-bond acceptors (Lipinski definition) is 3. The predicted octanol–water partition coefficient (Wildman–Crippen LogP) is 2.78. The van der Waals surface area contributed by atoms with Crippen molar-refractivity contribution in [3.8, 4) is 0 Å². The smallest absolute Gasteiger partial charge is 0.404 e. The van der Waals surface area contributed by atoms with Gasteiger partial charge in [0.05, 0.1) is 5.92 Å². The first-order chi connectivity index (χ1) is 8.36. The molecule has 3 nitrogen and oxygen atoms in total. The maximum Gasteiger partial charge on any atom is 0.404 e. The molecule has 0 aromatic rings. The zero-order valence-corrected chi connectivity index (χ0v) is 10.5. The molecule has 1 fully saturated rings. The molecule has 6 heteroatoms. The first kappa shape index (κ1) is 15.3. The van der Waals surface area contributed by atoms with Crippen LogP contribution in [0, 0.1) is 5.92 Å². The fraction of sp³-hybridized carbons (Fsp3) is 0.917. The number of ether oxygens (including phenoxy) is 1. The molecular formula is C12H20F3NO2. The van der Waals surface area contributed by atoms with Crippen molar-refractivity contribution in [2.45, 2.75) is 63.8 Å². The van der Waals surface area contributed by atoms with Crippen LogP contribution in [0.3, 0.4) is 0 Å². The first-order valence-electron chi connectivity index (χ1n) is 6.39. The molecule has 0 radical (unpaired) electrons. The monoisotopic (exact) mass is 267 g/mol. The summed E-state index contributed by atoms with van der Waals surface area (Å²) in [6, 6.07) is -2.12. The molecule has 2 N–H and O–H groups in total. The van der Waals surface area contributed by atoms with E-state index in [0.29, 0.717) is 6.42 Å². The maximum atomic E-state index is 12.6. The van der Waals surface area contributed by atoms with Crippen molar-refractivity contribution in [1.29, 1.82) is 0 Å². The normalized spacial score (nSPS) is 19.4. The number of unbranched alkanes of at least 4 members (excludes halogenated alkanes) is 2.